The van der Waals surface area contributed by atoms with Crippen LogP contribution in [0.1, 0.15) is 30.7 Å². The van der Waals surface area contributed by atoms with Crippen LogP contribution in [0.2, 0.25) is 0 Å². The number of rotatable bonds is 7. The van der Waals surface area contributed by atoms with Crippen LogP contribution in [0.15, 0.2) is 66.3 Å². The molecule has 0 spiro atoms. The van der Waals surface area contributed by atoms with E-state index < -0.39 is 5.60 Å². The summed E-state index contributed by atoms with van der Waals surface area (Å²) < 4.78 is 15.2. The number of aliphatic imine (C=N–C) groups is 1. The highest BCUT2D eigenvalue weighted by Crippen LogP contribution is 2.29. The maximum atomic E-state index is 13.3. The Morgan fingerprint density at radius 1 is 1.11 bits per heavy atom. The van der Waals surface area contributed by atoms with Crippen LogP contribution in [-0.2, 0) is 12.1 Å². The highest BCUT2D eigenvalue weighted by atomic mass is 19.1. The summed E-state index contributed by atoms with van der Waals surface area (Å²) in [5.41, 5.74) is 2.62. The largest absolute Gasteiger partial charge is 0.381 e. The van der Waals surface area contributed by atoms with E-state index >= 15 is 0 Å². The number of piperazine rings is 1. The number of aromatic amines is 1. The fourth-order valence-electron chi connectivity index (χ4n) is 4.55. The maximum Gasteiger partial charge on any atom is 0.225 e. The van der Waals surface area contributed by atoms with Gasteiger partial charge in [-0.2, -0.15) is 5.10 Å². The van der Waals surface area contributed by atoms with Crippen molar-refractivity contribution in [2.75, 3.05) is 31.1 Å². The van der Waals surface area contributed by atoms with Gasteiger partial charge in [0.2, 0.25) is 5.95 Å². The van der Waals surface area contributed by atoms with Gasteiger partial charge >= 0.3 is 0 Å². The number of halogens is 1. The Balaban J connectivity index is 1.26. The van der Waals surface area contributed by atoms with Crippen LogP contribution >= 0.6 is 0 Å². The third-order valence-corrected chi connectivity index (χ3v) is 6.87. The van der Waals surface area contributed by atoms with Crippen molar-refractivity contribution in [3.05, 3.63) is 84.0 Å². The van der Waals surface area contributed by atoms with Gasteiger partial charge in [0, 0.05) is 74.2 Å². The molecule has 1 atom stereocenters. The predicted molar refractivity (Wildman–Crippen MR) is 144 cm³/mol. The minimum atomic E-state index is -1.34. The standard InChI is InChI=1S/C27H30FN9O/c1-3-37-17-20(14-34-37)19-12-24(30-13-19)25(33-18-29)35-8-10-36(11-9-35)26-31-15-22(16-32-26)27(2,38)21-4-6-23(28)7-5-21/h4-7,12-18,29-30,38H,3,8-11H2,1-2H3/b29-18?,33-25+/t27-/m0/s1. The summed E-state index contributed by atoms with van der Waals surface area (Å²) in [6, 6.07) is 7.79. The molecule has 0 bridgehead atoms. The molecule has 1 aliphatic heterocycles. The molecule has 11 heteroatoms. The number of amidine groups is 1. The fraction of sp³-hybridized carbons (Fsp3) is 0.296. The molecule has 1 saturated heterocycles. The van der Waals surface area contributed by atoms with Gasteiger partial charge in [-0.05, 0) is 37.6 Å². The number of anilines is 1. The van der Waals surface area contributed by atoms with E-state index in [1.165, 1.54) is 12.1 Å². The van der Waals surface area contributed by atoms with Gasteiger partial charge in [-0.15, -0.1) is 0 Å². The van der Waals surface area contributed by atoms with Gasteiger partial charge in [0.15, 0.2) is 5.84 Å². The number of hydrogen-bond donors (Lipinski definition) is 3. The van der Waals surface area contributed by atoms with Crippen LogP contribution in [0.3, 0.4) is 0 Å². The highest BCUT2D eigenvalue weighted by Gasteiger charge is 2.28. The van der Waals surface area contributed by atoms with Crippen LogP contribution in [0, 0.1) is 11.2 Å². The monoisotopic (exact) mass is 515 g/mol. The molecule has 0 saturated carbocycles. The Hall–Kier alpha value is -4.38. The minimum absolute atomic E-state index is 0.357. The fourth-order valence-corrected chi connectivity index (χ4v) is 4.55. The lowest BCUT2D eigenvalue weighted by atomic mass is 9.90. The lowest BCUT2D eigenvalue weighted by Gasteiger charge is -2.36. The zero-order valence-corrected chi connectivity index (χ0v) is 21.3. The quantitative estimate of drug-likeness (QED) is 0.257. The summed E-state index contributed by atoms with van der Waals surface area (Å²) in [5, 5.41) is 23.0. The molecule has 5 rings (SSSR count). The molecule has 38 heavy (non-hydrogen) atoms. The van der Waals surface area contributed by atoms with Crippen molar-refractivity contribution in [3.8, 4) is 11.1 Å². The number of benzene rings is 1. The van der Waals surface area contributed by atoms with Gasteiger partial charge in [0.1, 0.15) is 17.8 Å². The van der Waals surface area contributed by atoms with Gasteiger partial charge < -0.3 is 19.9 Å². The topological polar surface area (TPSA) is 122 Å². The molecule has 196 valence electrons. The lowest BCUT2D eigenvalue weighted by Crippen LogP contribution is -2.49. The molecular weight excluding hydrogens is 485 g/mol. The van der Waals surface area contributed by atoms with Gasteiger partial charge in [-0.25, -0.2) is 19.4 Å². The first-order chi connectivity index (χ1) is 18.4. The number of H-pyrrole nitrogens is 1. The normalized spacial score (nSPS) is 15.9. The first-order valence-electron chi connectivity index (χ1n) is 12.5. The molecule has 0 radical (unpaired) electrons. The SMILES string of the molecule is CCn1cc(-c2c[nH]c(/C(=N\C=N)N3CCN(c4ncc([C@@](C)(O)c5ccc(F)cc5)cn4)CC3)c2)cn1. The molecular formula is C27H30FN9O. The zero-order valence-electron chi connectivity index (χ0n) is 21.3. The molecule has 0 aliphatic carbocycles. The van der Waals surface area contributed by atoms with Crippen molar-refractivity contribution in [2.45, 2.75) is 26.0 Å². The molecule has 0 amide bonds. The summed E-state index contributed by atoms with van der Waals surface area (Å²) in [6.07, 6.45) is 10.1. The van der Waals surface area contributed by atoms with Crippen LogP contribution in [0.25, 0.3) is 11.1 Å². The highest BCUT2D eigenvalue weighted by molar-refractivity contribution is 6.01. The Kier molecular flexibility index (Phi) is 7.01. The third kappa shape index (κ3) is 5.05. The van der Waals surface area contributed by atoms with E-state index in [0.29, 0.717) is 49.1 Å². The van der Waals surface area contributed by atoms with E-state index in [2.05, 4.69) is 34.8 Å². The summed E-state index contributed by atoms with van der Waals surface area (Å²) in [5.74, 6) is 0.925. The number of aromatic nitrogens is 5. The number of nitrogens with one attached hydrogen (secondary N) is 2. The van der Waals surface area contributed by atoms with Gasteiger partial charge in [0.05, 0.1) is 11.9 Å². The first kappa shape index (κ1) is 25.3. The Morgan fingerprint density at radius 2 is 1.82 bits per heavy atom. The van der Waals surface area contributed by atoms with Crippen molar-refractivity contribution < 1.29 is 9.50 Å². The van der Waals surface area contributed by atoms with Crippen molar-refractivity contribution in [1.82, 2.24) is 29.6 Å². The number of nitrogens with zero attached hydrogens (tertiary/aromatic N) is 7. The Labute approximate surface area is 220 Å². The molecule has 3 aromatic heterocycles. The van der Waals surface area contributed by atoms with Crippen LogP contribution in [0.4, 0.5) is 10.3 Å². The van der Waals surface area contributed by atoms with Gasteiger partial charge in [-0.3, -0.25) is 10.1 Å². The summed E-state index contributed by atoms with van der Waals surface area (Å²) in [6.45, 7) is 7.18. The van der Waals surface area contributed by atoms with E-state index in [9.17, 15) is 9.50 Å². The molecule has 1 aliphatic rings. The molecule has 4 aromatic rings. The van der Waals surface area contributed by atoms with E-state index in [1.54, 1.807) is 31.5 Å². The number of aryl methyl sites for hydroxylation is 1. The van der Waals surface area contributed by atoms with Crippen LogP contribution in [0.5, 0.6) is 0 Å². The van der Waals surface area contributed by atoms with E-state index in [-0.39, 0.29) is 5.82 Å². The molecule has 1 aromatic carbocycles. The van der Waals surface area contributed by atoms with Gasteiger partial charge in [-0.1, -0.05) is 12.1 Å². The second kappa shape index (κ2) is 10.5. The number of aliphatic hydroxyl groups is 1. The van der Waals surface area contributed by atoms with Crippen molar-refractivity contribution >= 4 is 18.1 Å². The smallest absolute Gasteiger partial charge is 0.225 e. The predicted octanol–water partition coefficient (Wildman–Crippen LogP) is 3.26. The maximum absolute atomic E-state index is 13.3. The molecule has 3 N–H and O–H groups in total. The van der Waals surface area contributed by atoms with Gasteiger partial charge in [0.25, 0.3) is 0 Å². The molecule has 0 unspecified atom stereocenters. The van der Waals surface area contributed by atoms with Crippen LogP contribution < -0.4 is 4.90 Å². The summed E-state index contributed by atoms with van der Waals surface area (Å²) in [7, 11) is 0. The molecule has 1 fully saturated rings. The average molecular weight is 516 g/mol. The first-order valence-corrected chi connectivity index (χ1v) is 12.5. The lowest BCUT2D eigenvalue weighted by molar-refractivity contribution is 0.101. The second-order valence-electron chi connectivity index (χ2n) is 9.29. The van der Waals surface area contributed by atoms with Crippen molar-refractivity contribution in [3.63, 3.8) is 0 Å². The number of hydrogen-bond acceptors (Lipinski definition) is 6. The third-order valence-electron chi connectivity index (χ3n) is 6.87. The van der Waals surface area contributed by atoms with Crippen LogP contribution in [-0.4, -0.2) is 73.1 Å². The molecule has 10 nitrogen and oxygen atoms in total. The second-order valence-corrected chi connectivity index (χ2v) is 9.29. The van der Waals surface area contributed by atoms with Crippen molar-refractivity contribution in [1.29, 1.82) is 5.41 Å². The zero-order chi connectivity index (χ0) is 26.7. The van der Waals surface area contributed by atoms with E-state index in [1.807, 2.05) is 36.3 Å². The summed E-state index contributed by atoms with van der Waals surface area (Å²) in [4.78, 5) is 20.9. The average Bonchev–Trinajstić information content (AvgIpc) is 3.62. The Bertz CT molecular complexity index is 1420. The Morgan fingerprint density at radius 3 is 2.45 bits per heavy atom. The summed E-state index contributed by atoms with van der Waals surface area (Å²) >= 11 is 0. The molecule has 4 heterocycles. The van der Waals surface area contributed by atoms with E-state index in [0.717, 1.165) is 29.7 Å². The van der Waals surface area contributed by atoms with Crippen molar-refractivity contribution in [2.24, 2.45) is 4.99 Å². The van der Waals surface area contributed by atoms with E-state index in [4.69, 9.17) is 5.41 Å². The minimum Gasteiger partial charge on any atom is -0.381 e.